The Hall–Kier alpha value is -1.92. The molecule has 0 spiro atoms. The summed E-state index contributed by atoms with van der Waals surface area (Å²) >= 11 is 0. The molecule has 6 nitrogen and oxygen atoms in total. The smallest absolute Gasteiger partial charge is 0.242 e. The Morgan fingerprint density at radius 1 is 1.33 bits per heavy atom. The molecule has 0 aromatic heterocycles. The monoisotopic (exact) mass is 290 g/mol. The first-order chi connectivity index (χ1) is 10.1. The fourth-order valence-electron chi connectivity index (χ4n) is 2.59. The molecule has 0 bridgehead atoms. The molecule has 1 fully saturated rings. The molecule has 1 heterocycles. The second-order valence-corrected chi connectivity index (χ2v) is 5.38. The topological polar surface area (TPSA) is 78.7 Å². The molecule has 1 saturated heterocycles. The second-order valence-electron chi connectivity index (χ2n) is 5.38. The van der Waals surface area contributed by atoms with E-state index in [0.29, 0.717) is 13.1 Å². The fraction of sp³-hybridized carbons (Fsp3) is 0.467. The van der Waals surface area contributed by atoms with Crippen molar-refractivity contribution in [1.29, 1.82) is 0 Å². The van der Waals surface area contributed by atoms with Gasteiger partial charge in [0.15, 0.2) is 0 Å². The van der Waals surface area contributed by atoms with Crippen molar-refractivity contribution in [3.8, 4) is 0 Å². The van der Waals surface area contributed by atoms with Gasteiger partial charge >= 0.3 is 0 Å². The van der Waals surface area contributed by atoms with Gasteiger partial charge in [0.05, 0.1) is 12.5 Å². The predicted molar refractivity (Wildman–Crippen MR) is 80.2 cm³/mol. The van der Waals surface area contributed by atoms with Crippen molar-refractivity contribution >= 4 is 11.8 Å². The van der Waals surface area contributed by atoms with E-state index in [1.54, 1.807) is 4.90 Å². The van der Waals surface area contributed by atoms with E-state index in [9.17, 15) is 9.59 Å². The lowest BCUT2D eigenvalue weighted by Gasteiger charge is -2.25. The van der Waals surface area contributed by atoms with Crippen LogP contribution in [0.1, 0.15) is 17.9 Å². The molecule has 114 valence electrons. The summed E-state index contributed by atoms with van der Waals surface area (Å²) in [7, 11) is 1.81. The zero-order valence-corrected chi connectivity index (χ0v) is 12.3. The number of nitrogens with one attached hydrogen (secondary N) is 1. The summed E-state index contributed by atoms with van der Waals surface area (Å²) in [6.07, 6.45) is 0.911. The summed E-state index contributed by atoms with van der Waals surface area (Å²) in [5.74, 6) is 4.79. The number of amides is 2. The lowest BCUT2D eigenvalue weighted by molar-refractivity contribution is -0.130. The summed E-state index contributed by atoms with van der Waals surface area (Å²) in [6, 6.07) is 9.52. The summed E-state index contributed by atoms with van der Waals surface area (Å²) in [5.41, 5.74) is 3.14. The van der Waals surface area contributed by atoms with Gasteiger partial charge in [0.1, 0.15) is 0 Å². The largest absolute Gasteiger partial charge is 0.345 e. The molecular formula is C15H22N4O2. The molecular weight excluding hydrogens is 268 g/mol. The number of nitrogens with two attached hydrogens (primary N) is 1. The number of hydrogen-bond acceptors (Lipinski definition) is 4. The minimum atomic E-state index is -0.368. The Bertz CT molecular complexity index is 492. The van der Waals surface area contributed by atoms with Crippen molar-refractivity contribution in [2.75, 3.05) is 33.2 Å². The summed E-state index contributed by atoms with van der Waals surface area (Å²) < 4.78 is 0. The van der Waals surface area contributed by atoms with Crippen molar-refractivity contribution < 1.29 is 9.59 Å². The van der Waals surface area contributed by atoms with Crippen LogP contribution >= 0.6 is 0 Å². The highest BCUT2D eigenvalue weighted by Crippen LogP contribution is 2.18. The Morgan fingerprint density at radius 2 is 2.05 bits per heavy atom. The van der Waals surface area contributed by atoms with E-state index in [-0.39, 0.29) is 17.7 Å². The van der Waals surface area contributed by atoms with Gasteiger partial charge in [0.25, 0.3) is 0 Å². The molecule has 3 N–H and O–H groups in total. The maximum absolute atomic E-state index is 12.1. The minimum Gasteiger partial charge on any atom is -0.345 e. The lowest BCUT2D eigenvalue weighted by Crippen LogP contribution is -2.42. The number of carbonyl (C=O) groups is 2. The lowest BCUT2D eigenvalue weighted by atomic mass is 9.97. The van der Waals surface area contributed by atoms with Gasteiger partial charge in [-0.25, -0.2) is 5.84 Å². The molecule has 1 unspecified atom stereocenters. The first kappa shape index (κ1) is 15.5. The van der Waals surface area contributed by atoms with Gasteiger partial charge in [-0.1, -0.05) is 30.3 Å². The molecule has 0 radical (unpaired) electrons. The average molecular weight is 290 g/mol. The van der Waals surface area contributed by atoms with Crippen LogP contribution in [0.2, 0.25) is 0 Å². The van der Waals surface area contributed by atoms with Gasteiger partial charge in [-0.3, -0.25) is 19.9 Å². The second kappa shape index (κ2) is 7.19. The van der Waals surface area contributed by atoms with Gasteiger partial charge < -0.3 is 4.90 Å². The standard InChI is InChI=1S/C15H22N4O2/c1-18-8-5-9-19(11-14(18)20)10-13(15(21)17-16)12-6-3-2-4-7-12/h2-4,6-7,13H,5,8-11,16H2,1H3,(H,17,21). The number of likely N-dealkylation sites (N-methyl/N-ethyl adjacent to an activating group) is 1. The number of rotatable bonds is 4. The molecule has 1 aliphatic rings. The molecule has 0 saturated carbocycles. The highest BCUT2D eigenvalue weighted by atomic mass is 16.2. The van der Waals surface area contributed by atoms with Crippen LogP contribution in [0.4, 0.5) is 0 Å². The van der Waals surface area contributed by atoms with Gasteiger partial charge in [0, 0.05) is 26.7 Å². The van der Waals surface area contributed by atoms with Gasteiger partial charge in [-0.2, -0.15) is 0 Å². The van der Waals surface area contributed by atoms with E-state index >= 15 is 0 Å². The van der Waals surface area contributed by atoms with Crippen molar-refractivity contribution in [2.24, 2.45) is 5.84 Å². The zero-order valence-electron chi connectivity index (χ0n) is 12.3. The van der Waals surface area contributed by atoms with Crippen molar-refractivity contribution in [3.63, 3.8) is 0 Å². The third kappa shape index (κ3) is 4.03. The predicted octanol–water partition coefficient (Wildman–Crippen LogP) is -0.0758. The molecule has 1 aromatic rings. The number of hydrogen-bond donors (Lipinski definition) is 2. The van der Waals surface area contributed by atoms with Crippen molar-refractivity contribution in [1.82, 2.24) is 15.2 Å². The zero-order chi connectivity index (χ0) is 15.2. The van der Waals surface area contributed by atoms with E-state index in [4.69, 9.17) is 5.84 Å². The van der Waals surface area contributed by atoms with Crippen LogP contribution in [-0.4, -0.2) is 54.8 Å². The third-order valence-corrected chi connectivity index (χ3v) is 3.85. The molecule has 2 rings (SSSR count). The molecule has 21 heavy (non-hydrogen) atoms. The van der Waals surface area contributed by atoms with Crippen molar-refractivity contribution in [3.05, 3.63) is 35.9 Å². The van der Waals surface area contributed by atoms with Crippen LogP contribution in [0.25, 0.3) is 0 Å². The molecule has 1 aromatic carbocycles. The van der Waals surface area contributed by atoms with Crippen LogP contribution < -0.4 is 11.3 Å². The van der Waals surface area contributed by atoms with Gasteiger partial charge in [0.2, 0.25) is 11.8 Å². The normalized spacial score (nSPS) is 18.2. The maximum Gasteiger partial charge on any atom is 0.242 e. The van der Waals surface area contributed by atoms with Crippen LogP contribution in [0.3, 0.4) is 0 Å². The van der Waals surface area contributed by atoms with E-state index in [1.165, 1.54) is 0 Å². The summed E-state index contributed by atoms with van der Waals surface area (Å²) in [4.78, 5) is 27.8. The first-order valence-corrected chi connectivity index (χ1v) is 7.13. The Kier molecular flexibility index (Phi) is 5.30. The molecule has 1 atom stereocenters. The van der Waals surface area contributed by atoms with E-state index in [0.717, 1.165) is 25.1 Å². The number of hydrazine groups is 1. The van der Waals surface area contributed by atoms with E-state index < -0.39 is 0 Å². The number of carbonyl (C=O) groups excluding carboxylic acids is 2. The van der Waals surface area contributed by atoms with Gasteiger partial charge in [-0.05, 0) is 12.0 Å². The summed E-state index contributed by atoms with van der Waals surface area (Å²) in [6.45, 7) is 2.40. The molecule has 0 aliphatic carbocycles. The number of benzene rings is 1. The Labute approximate surface area is 124 Å². The fourth-order valence-corrected chi connectivity index (χ4v) is 2.59. The number of nitrogens with zero attached hydrogens (tertiary/aromatic N) is 2. The van der Waals surface area contributed by atoms with Crippen LogP contribution in [-0.2, 0) is 9.59 Å². The van der Waals surface area contributed by atoms with Crippen LogP contribution in [0.5, 0.6) is 0 Å². The molecule has 6 heteroatoms. The van der Waals surface area contributed by atoms with E-state index in [2.05, 4.69) is 5.43 Å². The average Bonchev–Trinajstić information content (AvgIpc) is 2.66. The maximum atomic E-state index is 12.1. The Balaban J connectivity index is 2.12. The Morgan fingerprint density at radius 3 is 2.71 bits per heavy atom. The van der Waals surface area contributed by atoms with Crippen molar-refractivity contribution in [2.45, 2.75) is 12.3 Å². The quantitative estimate of drug-likeness (QED) is 0.462. The molecule has 2 amide bonds. The van der Waals surface area contributed by atoms with Crippen LogP contribution in [0.15, 0.2) is 30.3 Å². The SMILES string of the molecule is CN1CCCN(CC(C(=O)NN)c2ccccc2)CC1=O. The van der Waals surface area contributed by atoms with E-state index in [1.807, 2.05) is 42.3 Å². The van der Waals surface area contributed by atoms with Gasteiger partial charge in [-0.15, -0.1) is 0 Å². The third-order valence-electron chi connectivity index (χ3n) is 3.85. The van der Waals surface area contributed by atoms with Crippen LogP contribution in [0, 0.1) is 0 Å². The highest BCUT2D eigenvalue weighted by molar-refractivity contribution is 5.83. The summed E-state index contributed by atoms with van der Waals surface area (Å²) in [5, 5.41) is 0. The first-order valence-electron chi connectivity index (χ1n) is 7.13. The minimum absolute atomic E-state index is 0.0902. The highest BCUT2D eigenvalue weighted by Gasteiger charge is 2.26. The molecule has 1 aliphatic heterocycles.